The number of ether oxygens (including phenoxy) is 1. The molecule has 0 radical (unpaired) electrons. The highest BCUT2D eigenvalue weighted by Crippen LogP contribution is 2.68. The fourth-order valence-electron chi connectivity index (χ4n) is 2.67. The molecule has 11 heteroatoms. The van der Waals surface area contributed by atoms with Crippen molar-refractivity contribution in [3.63, 3.8) is 0 Å². The molecule has 1 atom stereocenters. The second-order valence-corrected chi connectivity index (χ2v) is 16.2. The number of carbonyl (C=O) groups excluding carboxylic acids is 1. The van der Waals surface area contributed by atoms with Gasteiger partial charge in [0.1, 0.15) is 0 Å². The van der Waals surface area contributed by atoms with Gasteiger partial charge in [-0.3, -0.25) is 4.98 Å². The molecule has 0 fully saturated rings. The maximum absolute atomic E-state index is 12.1. The Morgan fingerprint density at radius 1 is 0.897 bits per heavy atom. The van der Waals surface area contributed by atoms with Gasteiger partial charge in [-0.15, -0.1) is 47.0 Å². The molecule has 4 aliphatic heterocycles. The summed E-state index contributed by atoms with van der Waals surface area (Å²) in [4.78, 5) is 16.0. The minimum atomic E-state index is -0.263. The van der Waals surface area contributed by atoms with Crippen molar-refractivity contribution in [3.05, 3.63) is 55.5 Å². The molecule has 1 aromatic rings. The van der Waals surface area contributed by atoms with Crippen LogP contribution in [0.3, 0.4) is 0 Å². The molecule has 0 amide bonds. The number of carbonyl (C=O) groups is 1. The van der Waals surface area contributed by atoms with E-state index in [4.69, 9.17) is 4.74 Å². The lowest BCUT2D eigenvalue weighted by Gasteiger charge is -2.21. The Hall–Kier alpha value is 0.640. The van der Waals surface area contributed by atoms with Crippen LogP contribution < -0.4 is 0 Å². The van der Waals surface area contributed by atoms with E-state index in [0.717, 1.165) is 12.2 Å². The van der Waals surface area contributed by atoms with Crippen LogP contribution in [-0.4, -0.2) is 40.1 Å². The minimum absolute atomic E-state index is 0.263. The number of aromatic nitrogens is 1. The van der Waals surface area contributed by atoms with Crippen LogP contribution in [0.4, 0.5) is 0 Å². The van der Waals surface area contributed by atoms with Crippen molar-refractivity contribution in [2.24, 2.45) is 0 Å². The van der Waals surface area contributed by atoms with Gasteiger partial charge in [0.25, 0.3) is 0 Å². The largest absolute Gasteiger partial charge is 0.462 e. The predicted molar refractivity (Wildman–Crippen MR) is 139 cm³/mol. The van der Waals surface area contributed by atoms with Crippen molar-refractivity contribution in [3.8, 4) is 0 Å². The summed E-state index contributed by atoms with van der Waals surface area (Å²) < 4.78 is 14.3. The average molecular weight is 534 g/mol. The summed E-state index contributed by atoms with van der Waals surface area (Å²) in [6.45, 7) is 0.463. The average Bonchev–Trinajstić information content (AvgIpc) is 3.38. The van der Waals surface area contributed by atoms with Crippen LogP contribution >= 0.6 is 94.1 Å². The fourth-order valence-corrected chi connectivity index (χ4v) is 15.3. The summed E-state index contributed by atoms with van der Waals surface area (Å²) in [7, 11) is 0. The van der Waals surface area contributed by atoms with Crippen molar-refractivity contribution >= 4 is 100 Å². The minimum Gasteiger partial charge on any atom is -0.462 e. The van der Waals surface area contributed by atoms with Gasteiger partial charge < -0.3 is 4.74 Å². The SMILES string of the molecule is O=C(OCCC1CSC2=C(SC(=C3SC4=C(SCCS4)S3)S2)S1)c1ccncc1. The fraction of sp³-hybridized carbons (Fsp3) is 0.333. The van der Waals surface area contributed by atoms with Crippen LogP contribution in [0, 0.1) is 0 Å². The van der Waals surface area contributed by atoms with E-state index in [1.54, 1.807) is 24.5 Å². The van der Waals surface area contributed by atoms with Crippen LogP contribution in [0.2, 0.25) is 0 Å². The van der Waals surface area contributed by atoms with E-state index in [1.807, 2.05) is 94.1 Å². The van der Waals surface area contributed by atoms with Crippen molar-refractivity contribution in [1.82, 2.24) is 4.98 Å². The third-order valence-corrected chi connectivity index (χ3v) is 16.5. The number of pyridine rings is 1. The number of rotatable bonds is 4. The summed E-state index contributed by atoms with van der Waals surface area (Å²) in [5.74, 6) is 3.27. The Morgan fingerprint density at radius 2 is 1.52 bits per heavy atom. The molecule has 1 aromatic heterocycles. The Kier molecular flexibility index (Phi) is 7.45. The molecule has 5 rings (SSSR count). The zero-order chi connectivity index (χ0) is 19.6. The molecule has 0 saturated heterocycles. The topological polar surface area (TPSA) is 39.2 Å². The van der Waals surface area contributed by atoms with Crippen LogP contribution in [0.5, 0.6) is 0 Å². The number of hydrogen-bond acceptors (Lipinski definition) is 11. The molecule has 1 unspecified atom stereocenters. The zero-order valence-corrected chi connectivity index (χ0v) is 21.5. The summed E-state index contributed by atoms with van der Waals surface area (Å²) in [5, 5.41) is 0.489. The van der Waals surface area contributed by atoms with Crippen molar-refractivity contribution < 1.29 is 9.53 Å². The van der Waals surface area contributed by atoms with E-state index in [1.165, 1.54) is 36.9 Å². The van der Waals surface area contributed by atoms with E-state index >= 15 is 0 Å². The molecule has 0 aliphatic carbocycles. The van der Waals surface area contributed by atoms with Crippen molar-refractivity contribution in [2.45, 2.75) is 11.7 Å². The zero-order valence-electron chi connectivity index (χ0n) is 15.0. The van der Waals surface area contributed by atoms with Crippen LogP contribution in [0.25, 0.3) is 0 Å². The first-order valence-electron chi connectivity index (χ1n) is 8.83. The van der Waals surface area contributed by atoms with Gasteiger partial charge in [-0.05, 0) is 18.6 Å². The normalized spacial score (nSPS) is 24.1. The molecule has 0 bridgehead atoms. The van der Waals surface area contributed by atoms with Crippen molar-refractivity contribution in [2.75, 3.05) is 23.9 Å². The molecule has 152 valence electrons. The molecule has 0 aromatic carbocycles. The maximum Gasteiger partial charge on any atom is 0.338 e. The molecule has 0 spiro atoms. The maximum atomic E-state index is 12.1. The molecule has 4 aliphatic rings. The monoisotopic (exact) mass is 533 g/mol. The number of nitrogens with zero attached hydrogens (tertiary/aromatic N) is 1. The highest BCUT2D eigenvalue weighted by Gasteiger charge is 2.34. The number of esters is 1. The first kappa shape index (κ1) is 21.5. The standard InChI is InChI=1S/C18H15NO2S8/c20-12(10-1-4-19-5-2-10)21-6-3-11-9-24-15-16(25-11)29-18(28-15)17-26-13-14(27-17)23-8-7-22-13/h1-2,4-5,11H,3,6-9H2. The van der Waals surface area contributed by atoms with Gasteiger partial charge in [-0.25, -0.2) is 4.79 Å². The molecular formula is C18H15NO2S8. The smallest absolute Gasteiger partial charge is 0.338 e. The second-order valence-electron chi connectivity index (χ2n) is 6.04. The van der Waals surface area contributed by atoms with Crippen LogP contribution in [-0.2, 0) is 4.74 Å². The van der Waals surface area contributed by atoms with E-state index in [2.05, 4.69) is 4.98 Å². The van der Waals surface area contributed by atoms with E-state index in [-0.39, 0.29) is 5.97 Å². The van der Waals surface area contributed by atoms with Gasteiger partial charge in [0.15, 0.2) is 0 Å². The van der Waals surface area contributed by atoms with E-state index in [0.29, 0.717) is 17.4 Å². The second kappa shape index (κ2) is 10.1. The first-order chi connectivity index (χ1) is 14.3. The highest BCUT2D eigenvalue weighted by atomic mass is 32.3. The van der Waals surface area contributed by atoms with Crippen LogP contribution in [0.1, 0.15) is 16.8 Å². The third kappa shape index (κ3) is 5.18. The Bertz CT molecular complexity index is 894. The van der Waals surface area contributed by atoms with Gasteiger partial charge in [0, 0.05) is 34.9 Å². The van der Waals surface area contributed by atoms with Crippen LogP contribution in [0.15, 0.2) is 49.9 Å². The lowest BCUT2D eigenvalue weighted by atomic mass is 10.3. The summed E-state index contributed by atoms with van der Waals surface area (Å²) in [5.41, 5.74) is 0.564. The summed E-state index contributed by atoms with van der Waals surface area (Å²) >= 11 is 15.8. The summed E-state index contributed by atoms with van der Waals surface area (Å²) in [6.07, 6.45) is 4.11. The van der Waals surface area contributed by atoms with Gasteiger partial charge in [0.05, 0.1) is 37.6 Å². The van der Waals surface area contributed by atoms with Gasteiger partial charge in [0.2, 0.25) is 0 Å². The van der Waals surface area contributed by atoms with E-state index in [9.17, 15) is 4.79 Å². The quantitative estimate of drug-likeness (QED) is 0.366. The predicted octanol–water partition coefficient (Wildman–Crippen LogP) is 7.30. The Labute approximate surface area is 204 Å². The molecule has 0 saturated carbocycles. The summed E-state index contributed by atoms with van der Waals surface area (Å²) in [6, 6.07) is 3.38. The molecule has 0 N–H and O–H groups in total. The third-order valence-electron chi connectivity index (χ3n) is 4.05. The molecule has 29 heavy (non-hydrogen) atoms. The highest BCUT2D eigenvalue weighted by molar-refractivity contribution is 8.45. The Morgan fingerprint density at radius 3 is 2.21 bits per heavy atom. The first-order valence-corrected chi connectivity index (χ1v) is 15.9. The molecular weight excluding hydrogens is 519 g/mol. The molecule has 3 nitrogen and oxygen atoms in total. The van der Waals surface area contributed by atoms with E-state index < -0.39 is 0 Å². The number of hydrogen-bond donors (Lipinski definition) is 0. The van der Waals surface area contributed by atoms with Crippen molar-refractivity contribution in [1.29, 1.82) is 0 Å². The van der Waals surface area contributed by atoms with Gasteiger partial charge in [-0.1, -0.05) is 47.0 Å². The lowest BCUT2D eigenvalue weighted by molar-refractivity contribution is 0.0501. The lowest BCUT2D eigenvalue weighted by Crippen LogP contribution is -2.15. The van der Waals surface area contributed by atoms with Gasteiger partial charge in [-0.2, -0.15) is 0 Å². The van der Waals surface area contributed by atoms with Gasteiger partial charge >= 0.3 is 5.97 Å². The molecule has 5 heterocycles. The number of thioether (sulfide) groups is 8. The Balaban J connectivity index is 1.12.